The molecule has 0 atom stereocenters. The fraction of sp³-hybridized carbons (Fsp3) is 0.0870. The molecule has 4 nitrogen and oxygen atoms in total. The maximum Gasteiger partial charge on any atom is 0.248 e. The number of amides is 1. The normalized spacial score (nSPS) is 10.6. The Hall–Kier alpha value is -3.53. The van der Waals surface area contributed by atoms with Crippen LogP contribution in [0.2, 0.25) is 0 Å². The van der Waals surface area contributed by atoms with E-state index in [0.717, 1.165) is 28.3 Å². The zero-order valence-corrected chi connectivity index (χ0v) is 15.1. The highest BCUT2D eigenvalue weighted by atomic mass is 16.5. The standard InChI is InChI=1S/C23H21NO3/c1-26-21-14-10-20(11-15-21)24-23(25)16-9-18-7-12-22(13-8-18)27-17-19-5-3-2-4-6-19/h2-16H,17H2,1H3,(H,24,25)/b16-9+. The van der Waals surface area contributed by atoms with Crippen LogP contribution in [0, 0.1) is 0 Å². The third-order valence-electron chi connectivity index (χ3n) is 3.91. The number of carbonyl (C=O) groups is 1. The molecule has 3 rings (SSSR count). The van der Waals surface area contributed by atoms with Gasteiger partial charge in [0, 0.05) is 11.8 Å². The Morgan fingerprint density at radius 3 is 2.22 bits per heavy atom. The fourth-order valence-corrected chi connectivity index (χ4v) is 2.45. The monoisotopic (exact) mass is 359 g/mol. The lowest BCUT2D eigenvalue weighted by Gasteiger charge is -2.06. The smallest absolute Gasteiger partial charge is 0.248 e. The Bertz CT molecular complexity index is 885. The lowest BCUT2D eigenvalue weighted by Crippen LogP contribution is -2.07. The van der Waals surface area contributed by atoms with Crippen LogP contribution < -0.4 is 14.8 Å². The van der Waals surface area contributed by atoms with Crippen LogP contribution in [-0.4, -0.2) is 13.0 Å². The van der Waals surface area contributed by atoms with Gasteiger partial charge in [-0.1, -0.05) is 42.5 Å². The summed E-state index contributed by atoms with van der Waals surface area (Å²) in [5.41, 5.74) is 2.76. The van der Waals surface area contributed by atoms with E-state index < -0.39 is 0 Å². The number of anilines is 1. The fourth-order valence-electron chi connectivity index (χ4n) is 2.45. The molecule has 0 saturated carbocycles. The molecule has 0 aliphatic carbocycles. The molecular formula is C23H21NO3. The van der Waals surface area contributed by atoms with Gasteiger partial charge in [0.15, 0.2) is 0 Å². The van der Waals surface area contributed by atoms with Gasteiger partial charge >= 0.3 is 0 Å². The predicted octanol–water partition coefficient (Wildman–Crippen LogP) is 4.93. The molecule has 0 aromatic heterocycles. The molecular weight excluding hydrogens is 338 g/mol. The SMILES string of the molecule is COc1ccc(NC(=O)/C=C/c2ccc(OCc3ccccc3)cc2)cc1. The Morgan fingerprint density at radius 2 is 1.56 bits per heavy atom. The number of hydrogen-bond donors (Lipinski definition) is 1. The van der Waals surface area contributed by atoms with Crippen LogP contribution in [0.5, 0.6) is 11.5 Å². The van der Waals surface area contributed by atoms with Crippen LogP contribution in [0.4, 0.5) is 5.69 Å². The molecule has 27 heavy (non-hydrogen) atoms. The highest BCUT2D eigenvalue weighted by Gasteiger charge is 1.99. The van der Waals surface area contributed by atoms with Crippen molar-refractivity contribution >= 4 is 17.7 Å². The summed E-state index contributed by atoms with van der Waals surface area (Å²) < 4.78 is 10.9. The van der Waals surface area contributed by atoms with Gasteiger partial charge in [0.25, 0.3) is 0 Å². The largest absolute Gasteiger partial charge is 0.497 e. The molecule has 136 valence electrons. The van der Waals surface area contributed by atoms with Crippen molar-refractivity contribution in [3.8, 4) is 11.5 Å². The molecule has 0 bridgehead atoms. The van der Waals surface area contributed by atoms with Gasteiger partial charge in [-0.2, -0.15) is 0 Å². The van der Waals surface area contributed by atoms with Gasteiger partial charge in [0.2, 0.25) is 5.91 Å². The number of ether oxygens (including phenoxy) is 2. The first-order valence-electron chi connectivity index (χ1n) is 8.63. The second-order valence-corrected chi connectivity index (χ2v) is 5.89. The summed E-state index contributed by atoms with van der Waals surface area (Å²) in [6.45, 7) is 0.528. The van der Waals surface area contributed by atoms with Crippen molar-refractivity contribution < 1.29 is 14.3 Å². The summed E-state index contributed by atoms with van der Waals surface area (Å²) in [4.78, 5) is 12.0. The lowest BCUT2D eigenvalue weighted by molar-refractivity contribution is -0.111. The van der Waals surface area contributed by atoms with Gasteiger partial charge in [0.1, 0.15) is 18.1 Å². The molecule has 3 aromatic carbocycles. The minimum Gasteiger partial charge on any atom is -0.497 e. The Kier molecular flexibility index (Phi) is 6.26. The van der Waals surface area contributed by atoms with E-state index >= 15 is 0 Å². The molecule has 0 unspecified atom stereocenters. The first-order valence-corrected chi connectivity index (χ1v) is 8.63. The van der Waals surface area contributed by atoms with Crippen LogP contribution >= 0.6 is 0 Å². The van der Waals surface area contributed by atoms with E-state index in [0.29, 0.717) is 6.61 Å². The van der Waals surface area contributed by atoms with Crippen molar-refractivity contribution in [2.75, 3.05) is 12.4 Å². The Labute approximate surface area is 159 Å². The predicted molar refractivity (Wildman–Crippen MR) is 108 cm³/mol. The second kappa shape index (κ2) is 9.25. The zero-order chi connectivity index (χ0) is 18.9. The minimum atomic E-state index is -0.190. The highest BCUT2D eigenvalue weighted by Crippen LogP contribution is 2.16. The summed E-state index contributed by atoms with van der Waals surface area (Å²) in [7, 11) is 1.61. The van der Waals surface area contributed by atoms with Gasteiger partial charge in [-0.05, 0) is 53.6 Å². The zero-order valence-electron chi connectivity index (χ0n) is 15.1. The molecule has 0 radical (unpaired) electrons. The molecule has 1 N–H and O–H groups in total. The maximum absolute atomic E-state index is 12.0. The van der Waals surface area contributed by atoms with Crippen LogP contribution in [0.1, 0.15) is 11.1 Å². The van der Waals surface area contributed by atoms with Gasteiger partial charge in [-0.15, -0.1) is 0 Å². The van der Waals surface area contributed by atoms with Crippen molar-refractivity contribution in [2.45, 2.75) is 6.61 Å². The number of carbonyl (C=O) groups excluding carboxylic acids is 1. The van der Waals surface area contributed by atoms with Crippen molar-refractivity contribution in [3.63, 3.8) is 0 Å². The molecule has 1 amide bonds. The van der Waals surface area contributed by atoms with Gasteiger partial charge < -0.3 is 14.8 Å². The van der Waals surface area contributed by atoms with Gasteiger partial charge in [0.05, 0.1) is 7.11 Å². The summed E-state index contributed by atoms with van der Waals surface area (Å²) in [6.07, 6.45) is 3.27. The summed E-state index contributed by atoms with van der Waals surface area (Å²) in [6, 6.07) is 24.8. The molecule has 0 aliphatic rings. The molecule has 4 heteroatoms. The average Bonchev–Trinajstić information content (AvgIpc) is 2.73. The van der Waals surface area contributed by atoms with Crippen LogP contribution in [0.3, 0.4) is 0 Å². The third-order valence-corrected chi connectivity index (χ3v) is 3.91. The van der Waals surface area contributed by atoms with E-state index in [4.69, 9.17) is 9.47 Å². The van der Waals surface area contributed by atoms with Gasteiger partial charge in [-0.25, -0.2) is 0 Å². The van der Waals surface area contributed by atoms with Crippen molar-refractivity contribution in [3.05, 3.63) is 96.1 Å². The number of benzene rings is 3. The molecule has 0 saturated heterocycles. The first kappa shape index (κ1) is 18.3. The van der Waals surface area contributed by atoms with Crippen molar-refractivity contribution in [2.24, 2.45) is 0 Å². The highest BCUT2D eigenvalue weighted by molar-refractivity contribution is 6.01. The summed E-state index contributed by atoms with van der Waals surface area (Å²) >= 11 is 0. The molecule has 0 aliphatic heterocycles. The lowest BCUT2D eigenvalue weighted by atomic mass is 10.2. The molecule has 3 aromatic rings. The van der Waals surface area contributed by atoms with Crippen LogP contribution in [0.15, 0.2) is 84.9 Å². The van der Waals surface area contributed by atoms with Crippen molar-refractivity contribution in [1.82, 2.24) is 0 Å². The third kappa shape index (κ3) is 5.75. The summed E-state index contributed by atoms with van der Waals surface area (Å²) in [5.74, 6) is 1.35. The Balaban J connectivity index is 1.51. The summed E-state index contributed by atoms with van der Waals surface area (Å²) in [5, 5.41) is 2.81. The minimum absolute atomic E-state index is 0.190. The average molecular weight is 359 g/mol. The first-order chi connectivity index (χ1) is 13.2. The van der Waals surface area contributed by atoms with Gasteiger partial charge in [-0.3, -0.25) is 4.79 Å². The number of nitrogens with one attached hydrogen (secondary N) is 1. The molecule has 0 spiro atoms. The van der Waals surface area contributed by atoms with E-state index in [1.165, 1.54) is 6.08 Å². The van der Waals surface area contributed by atoms with Crippen molar-refractivity contribution in [1.29, 1.82) is 0 Å². The van der Waals surface area contributed by atoms with Crippen LogP contribution in [-0.2, 0) is 11.4 Å². The Morgan fingerprint density at radius 1 is 0.889 bits per heavy atom. The van der Waals surface area contributed by atoms with E-state index in [1.54, 1.807) is 37.5 Å². The molecule has 0 heterocycles. The van der Waals surface area contributed by atoms with Crippen LogP contribution in [0.25, 0.3) is 6.08 Å². The van der Waals surface area contributed by atoms with E-state index in [2.05, 4.69) is 5.32 Å². The topological polar surface area (TPSA) is 47.6 Å². The van der Waals surface area contributed by atoms with E-state index in [9.17, 15) is 4.79 Å². The number of methoxy groups -OCH3 is 1. The quantitative estimate of drug-likeness (QED) is 0.609. The van der Waals surface area contributed by atoms with E-state index in [1.807, 2.05) is 54.6 Å². The maximum atomic E-state index is 12.0. The molecule has 0 fully saturated rings. The van der Waals surface area contributed by atoms with E-state index in [-0.39, 0.29) is 5.91 Å². The second-order valence-electron chi connectivity index (χ2n) is 5.89. The number of hydrogen-bond acceptors (Lipinski definition) is 3. The number of rotatable bonds is 7.